The van der Waals surface area contributed by atoms with Crippen molar-refractivity contribution in [1.82, 2.24) is 10.2 Å². The molecule has 0 heterocycles. The quantitative estimate of drug-likeness (QED) is 0.790. The van der Waals surface area contributed by atoms with Gasteiger partial charge in [-0.1, -0.05) is 12.8 Å². The molecule has 0 aromatic heterocycles. The lowest BCUT2D eigenvalue weighted by Crippen LogP contribution is -2.52. The molecule has 0 bridgehead atoms. The molecule has 5 nitrogen and oxygen atoms in total. The zero-order valence-electron chi connectivity index (χ0n) is 12.1. The Bertz CT molecular complexity index is 317. The maximum absolute atomic E-state index is 12.3. The smallest absolute Gasteiger partial charge is 0.244 e. The summed E-state index contributed by atoms with van der Waals surface area (Å²) in [4.78, 5) is 25.8. The fourth-order valence-corrected chi connectivity index (χ4v) is 2.47. The SMILES string of the molecule is CCN(C)C(=O)C(C)NC(=O)C1(CN)CCCC1.Cl. The molecule has 1 unspecified atom stereocenters. The number of amides is 2. The van der Waals surface area contributed by atoms with Crippen LogP contribution < -0.4 is 11.1 Å². The maximum atomic E-state index is 12.3. The number of likely N-dealkylation sites (N-methyl/N-ethyl adjacent to an activating group) is 1. The number of rotatable bonds is 5. The molecule has 1 fully saturated rings. The van der Waals surface area contributed by atoms with Crippen molar-refractivity contribution >= 4 is 24.2 Å². The van der Waals surface area contributed by atoms with E-state index in [-0.39, 0.29) is 24.2 Å². The van der Waals surface area contributed by atoms with E-state index >= 15 is 0 Å². The van der Waals surface area contributed by atoms with E-state index in [1.165, 1.54) is 0 Å². The molecular weight excluding hydrogens is 266 g/mol. The number of carbonyl (C=O) groups excluding carboxylic acids is 2. The Morgan fingerprint density at radius 2 is 1.89 bits per heavy atom. The second kappa shape index (κ2) is 7.70. The summed E-state index contributed by atoms with van der Waals surface area (Å²) >= 11 is 0. The molecule has 6 heteroatoms. The second-order valence-corrected chi connectivity index (χ2v) is 5.24. The monoisotopic (exact) mass is 291 g/mol. The van der Waals surface area contributed by atoms with Gasteiger partial charge in [0.1, 0.15) is 6.04 Å². The Hall–Kier alpha value is -0.810. The first-order chi connectivity index (χ1) is 8.46. The number of nitrogens with one attached hydrogen (secondary N) is 1. The fraction of sp³-hybridized carbons (Fsp3) is 0.846. The van der Waals surface area contributed by atoms with Crippen LogP contribution in [0, 0.1) is 5.41 Å². The number of nitrogens with two attached hydrogens (primary N) is 1. The number of carbonyl (C=O) groups is 2. The molecule has 1 aliphatic carbocycles. The van der Waals surface area contributed by atoms with Crippen LogP contribution in [-0.4, -0.2) is 42.9 Å². The normalized spacial score (nSPS) is 18.3. The summed E-state index contributed by atoms with van der Waals surface area (Å²) in [6.07, 6.45) is 3.75. The molecule has 1 atom stereocenters. The van der Waals surface area contributed by atoms with Crippen LogP contribution in [0.1, 0.15) is 39.5 Å². The van der Waals surface area contributed by atoms with E-state index in [2.05, 4.69) is 5.32 Å². The van der Waals surface area contributed by atoms with E-state index in [1.807, 2.05) is 6.92 Å². The third-order valence-electron chi connectivity index (χ3n) is 4.00. The van der Waals surface area contributed by atoms with E-state index in [4.69, 9.17) is 5.73 Å². The molecule has 3 N–H and O–H groups in total. The van der Waals surface area contributed by atoms with Gasteiger partial charge in [0.2, 0.25) is 11.8 Å². The van der Waals surface area contributed by atoms with Crippen LogP contribution in [0.5, 0.6) is 0 Å². The largest absolute Gasteiger partial charge is 0.344 e. The van der Waals surface area contributed by atoms with Gasteiger partial charge in [-0.15, -0.1) is 12.4 Å². The van der Waals surface area contributed by atoms with Crippen LogP contribution in [0.2, 0.25) is 0 Å². The number of hydrogen-bond acceptors (Lipinski definition) is 3. The average Bonchev–Trinajstić information content (AvgIpc) is 2.86. The highest BCUT2D eigenvalue weighted by Gasteiger charge is 2.40. The van der Waals surface area contributed by atoms with Gasteiger partial charge in [0.25, 0.3) is 0 Å². The van der Waals surface area contributed by atoms with E-state index in [1.54, 1.807) is 18.9 Å². The minimum Gasteiger partial charge on any atom is -0.344 e. The van der Waals surface area contributed by atoms with E-state index < -0.39 is 11.5 Å². The van der Waals surface area contributed by atoms with Crippen LogP contribution in [0.25, 0.3) is 0 Å². The summed E-state index contributed by atoms with van der Waals surface area (Å²) in [5.74, 6) is -0.121. The molecule has 0 aromatic carbocycles. The standard InChI is InChI=1S/C13H25N3O2.ClH/c1-4-16(3)11(17)10(2)15-12(18)13(9-14)7-5-6-8-13;/h10H,4-9,14H2,1-3H3,(H,15,18);1H. The molecule has 19 heavy (non-hydrogen) atoms. The predicted octanol–water partition coefficient (Wildman–Crippen LogP) is 0.910. The molecule has 0 radical (unpaired) electrons. The van der Waals surface area contributed by atoms with Crippen molar-refractivity contribution in [2.24, 2.45) is 11.1 Å². The van der Waals surface area contributed by atoms with E-state index in [0.717, 1.165) is 25.7 Å². The summed E-state index contributed by atoms with van der Waals surface area (Å²) < 4.78 is 0. The minimum absolute atomic E-state index is 0. The van der Waals surface area contributed by atoms with Crippen molar-refractivity contribution in [2.45, 2.75) is 45.6 Å². The lowest BCUT2D eigenvalue weighted by atomic mass is 9.85. The van der Waals surface area contributed by atoms with Crippen LogP contribution in [0.15, 0.2) is 0 Å². The first-order valence-electron chi connectivity index (χ1n) is 6.73. The van der Waals surface area contributed by atoms with Crippen molar-refractivity contribution < 1.29 is 9.59 Å². The number of hydrogen-bond donors (Lipinski definition) is 2. The van der Waals surface area contributed by atoms with Crippen LogP contribution >= 0.6 is 12.4 Å². The molecule has 1 rings (SSSR count). The summed E-state index contributed by atoms with van der Waals surface area (Å²) in [7, 11) is 1.74. The van der Waals surface area contributed by atoms with Crippen molar-refractivity contribution in [2.75, 3.05) is 20.1 Å². The van der Waals surface area contributed by atoms with E-state index in [9.17, 15) is 9.59 Å². The lowest BCUT2D eigenvalue weighted by Gasteiger charge is -2.28. The van der Waals surface area contributed by atoms with Crippen LogP contribution in [0.4, 0.5) is 0 Å². The summed E-state index contributed by atoms with van der Waals surface area (Å²) in [5.41, 5.74) is 5.31. The minimum atomic E-state index is -0.480. The van der Waals surface area contributed by atoms with Gasteiger partial charge in [0.15, 0.2) is 0 Å². The Morgan fingerprint density at radius 3 is 2.32 bits per heavy atom. The molecule has 0 aromatic rings. The Morgan fingerprint density at radius 1 is 1.37 bits per heavy atom. The summed E-state index contributed by atoms with van der Waals surface area (Å²) in [6.45, 7) is 4.64. The molecule has 112 valence electrons. The molecule has 1 aliphatic rings. The van der Waals surface area contributed by atoms with Gasteiger partial charge in [0, 0.05) is 20.1 Å². The summed E-state index contributed by atoms with van der Waals surface area (Å²) in [5, 5.41) is 2.82. The Kier molecular flexibility index (Phi) is 7.37. The molecule has 0 aliphatic heterocycles. The Balaban J connectivity index is 0.00000324. The number of nitrogens with zero attached hydrogens (tertiary/aromatic N) is 1. The van der Waals surface area contributed by atoms with Crippen LogP contribution in [-0.2, 0) is 9.59 Å². The van der Waals surface area contributed by atoms with Gasteiger partial charge >= 0.3 is 0 Å². The zero-order valence-corrected chi connectivity index (χ0v) is 12.9. The summed E-state index contributed by atoms with van der Waals surface area (Å²) in [6, 6.07) is -0.480. The highest BCUT2D eigenvalue weighted by Crippen LogP contribution is 2.37. The highest BCUT2D eigenvalue weighted by atomic mass is 35.5. The third kappa shape index (κ3) is 4.08. The first-order valence-corrected chi connectivity index (χ1v) is 6.73. The molecule has 0 spiro atoms. The van der Waals surface area contributed by atoms with Crippen molar-refractivity contribution in [1.29, 1.82) is 0 Å². The van der Waals surface area contributed by atoms with Gasteiger partial charge in [0.05, 0.1) is 5.41 Å². The lowest BCUT2D eigenvalue weighted by molar-refractivity contribution is -0.138. The second-order valence-electron chi connectivity index (χ2n) is 5.24. The molecule has 0 saturated heterocycles. The fourth-order valence-electron chi connectivity index (χ4n) is 2.47. The van der Waals surface area contributed by atoms with Crippen molar-refractivity contribution in [3.05, 3.63) is 0 Å². The molecule has 2 amide bonds. The third-order valence-corrected chi connectivity index (χ3v) is 4.00. The van der Waals surface area contributed by atoms with E-state index in [0.29, 0.717) is 13.1 Å². The maximum Gasteiger partial charge on any atom is 0.244 e. The number of halogens is 1. The van der Waals surface area contributed by atoms with Gasteiger partial charge in [-0.3, -0.25) is 9.59 Å². The predicted molar refractivity (Wildman–Crippen MR) is 78.1 cm³/mol. The van der Waals surface area contributed by atoms with Gasteiger partial charge in [-0.2, -0.15) is 0 Å². The first kappa shape index (κ1) is 18.2. The van der Waals surface area contributed by atoms with Crippen molar-refractivity contribution in [3.8, 4) is 0 Å². The highest BCUT2D eigenvalue weighted by molar-refractivity contribution is 5.90. The average molecular weight is 292 g/mol. The van der Waals surface area contributed by atoms with Crippen molar-refractivity contribution in [3.63, 3.8) is 0 Å². The van der Waals surface area contributed by atoms with Crippen LogP contribution in [0.3, 0.4) is 0 Å². The van der Waals surface area contributed by atoms with Gasteiger partial charge in [-0.25, -0.2) is 0 Å². The van der Waals surface area contributed by atoms with Gasteiger partial charge < -0.3 is 16.0 Å². The zero-order chi connectivity index (χ0) is 13.8. The molecule has 1 saturated carbocycles. The van der Waals surface area contributed by atoms with Gasteiger partial charge in [-0.05, 0) is 26.7 Å². The topological polar surface area (TPSA) is 75.4 Å². The Labute approximate surface area is 121 Å². The molecular formula is C13H26ClN3O2.